The number of aryl methyl sites for hydroxylation is 1. The third-order valence-corrected chi connectivity index (χ3v) is 7.03. The Morgan fingerprint density at radius 2 is 1.72 bits per heavy atom. The number of amides is 1. The largest absolute Gasteiger partial charge is 0.388 e. The molecule has 0 bridgehead atoms. The number of aliphatic hydroxyl groups excluding tert-OH is 1. The molecule has 0 saturated carbocycles. The molecule has 3 rings (SSSR count). The Bertz CT molecular complexity index is 1060. The van der Waals surface area contributed by atoms with Crippen LogP contribution in [-0.4, -0.2) is 48.3 Å². The van der Waals surface area contributed by atoms with Gasteiger partial charge < -0.3 is 14.7 Å². The van der Waals surface area contributed by atoms with Crippen molar-refractivity contribution in [1.29, 1.82) is 0 Å². The number of rotatable bonds is 12. The van der Waals surface area contributed by atoms with Crippen LogP contribution >= 0.6 is 0 Å². The Morgan fingerprint density at radius 1 is 1.00 bits per heavy atom. The van der Waals surface area contributed by atoms with E-state index in [4.69, 9.17) is 4.74 Å². The van der Waals surface area contributed by atoms with Gasteiger partial charge in [-0.1, -0.05) is 73.7 Å². The Balaban J connectivity index is 1.33. The van der Waals surface area contributed by atoms with Gasteiger partial charge in [0.25, 0.3) is 0 Å². The molecule has 0 aromatic heterocycles. The Kier molecular flexibility index (Phi) is 11.4. The fraction of sp³-hybridized carbons (Fsp3) is 0.469. The summed E-state index contributed by atoms with van der Waals surface area (Å²) in [6, 6.07) is 15.1. The van der Waals surface area contributed by atoms with Crippen LogP contribution in [0, 0.1) is 5.92 Å². The number of morpholine rings is 1. The van der Waals surface area contributed by atoms with Crippen LogP contribution in [0.2, 0.25) is 0 Å². The second kappa shape index (κ2) is 14.8. The molecule has 1 saturated heterocycles. The molecule has 0 aliphatic carbocycles. The van der Waals surface area contributed by atoms with Gasteiger partial charge in [0.1, 0.15) is 0 Å². The molecular weight excluding hydrogens is 446 g/mol. The van der Waals surface area contributed by atoms with Crippen LogP contribution in [-0.2, 0) is 16.0 Å². The monoisotopic (exact) mass is 489 g/mol. The van der Waals surface area contributed by atoms with Crippen molar-refractivity contribution in [2.45, 2.75) is 65.4 Å². The lowest BCUT2D eigenvalue weighted by Crippen LogP contribution is -2.41. The first-order valence-electron chi connectivity index (χ1n) is 13.5. The summed E-state index contributed by atoms with van der Waals surface area (Å²) in [4.78, 5) is 14.3. The summed E-state index contributed by atoms with van der Waals surface area (Å²) in [5, 5.41) is 13.3. The van der Waals surface area contributed by atoms with E-state index in [9.17, 15) is 9.90 Å². The third-order valence-electron chi connectivity index (χ3n) is 7.03. The maximum atomic E-state index is 12.4. The molecule has 1 aliphatic rings. The molecular formula is C32H43NO3. The average molecular weight is 490 g/mol. The zero-order valence-corrected chi connectivity index (χ0v) is 22.3. The fourth-order valence-corrected chi connectivity index (χ4v) is 4.64. The number of aliphatic hydroxyl groups is 1. The van der Waals surface area contributed by atoms with Crippen molar-refractivity contribution in [2.75, 3.05) is 26.3 Å². The Labute approximate surface area is 217 Å². The summed E-state index contributed by atoms with van der Waals surface area (Å²) in [7, 11) is 0. The standard InChI is InChI=1S/C32H43NO3/c1-25(12-7-5-4-6-8-13-27(3)32(35)33-20-22-36-23-21-33)31(34)26(2)14-11-15-28-18-19-29-16-9-10-17-30(29)24-28/h7,9-10,12-14,16-19,24-25,31,34H,4-6,8,11,15,20-23H2,1-3H3/b12-7+,26-14+,27-13+/t25-,31-/m1/s1. The number of hydrogen-bond acceptors (Lipinski definition) is 3. The highest BCUT2D eigenvalue weighted by Gasteiger charge is 2.17. The zero-order chi connectivity index (χ0) is 25.8. The molecule has 2 atom stereocenters. The Hall–Kier alpha value is -2.69. The van der Waals surface area contributed by atoms with Crippen LogP contribution in [0.5, 0.6) is 0 Å². The van der Waals surface area contributed by atoms with E-state index in [-0.39, 0.29) is 11.8 Å². The van der Waals surface area contributed by atoms with E-state index in [0.29, 0.717) is 26.3 Å². The number of ether oxygens (including phenoxy) is 1. The molecule has 1 aliphatic heterocycles. The molecule has 1 heterocycles. The highest BCUT2D eigenvalue weighted by atomic mass is 16.5. The number of fused-ring (bicyclic) bond motifs is 1. The lowest BCUT2D eigenvalue weighted by molar-refractivity contribution is -0.131. The minimum absolute atomic E-state index is 0.0928. The quantitative estimate of drug-likeness (QED) is 0.207. The van der Waals surface area contributed by atoms with Crippen molar-refractivity contribution >= 4 is 16.7 Å². The van der Waals surface area contributed by atoms with Crippen LogP contribution < -0.4 is 0 Å². The minimum atomic E-state index is -0.449. The van der Waals surface area contributed by atoms with Crippen molar-refractivity contribution in [1.82, 2.24) is 4.90 Å². The van der Waals surface area contributed by atoms with Crippen molar-refractivity contribution in [3.8, 4) is 0 Å². The summed E-state index contributed by atoms with van der Waals surface area (Å²) in [6.45, 7) is 8.68. The van der Waals surface area contributed by atoms with Gasteiger partial charge in [-0.25, -0.2) is 0 Å². The maximum Gasteiger partial charge on any atom is 0.249 e. The van der Waals surface area contributed by atoms with Crippen LogP contribution in [0.3, 0.4) is 0 Å². The van der Waals surface area contributed by atoms with E-state index in [0.717, 1.165) is 49.7 Å². The molecule has 2 aromatic carbocycles. The van der Waals surface area contributed by atoms with Gasteiger partial charge in [0.15, 0.2) is 0 Å². The van der Waals surface area contributed by atoms with Crippen LogP contribution in [0.1, 0.15) is 58.4 Å². The maximum absolute atomic E-state index is 12.4. The van der Waals surface area contributed by atoms with Gasteiger partial charge in [-0.05, 0) is 74.3 Å². The van der Waals surface area contributed by atoms with E-state index in [1.54, 1.807) is 0 Å². The molecule has 2 aromatic rings. The van der Waals surface area contributed by atoms with E-state index in [1.165, 1.54) is 16.3 Å². The van der Waals surface area contributed by atoms with E-state index in [2.05, 4.69) is 73.7 Å². The van der Waals surface area contributed by atoms with Gasteiger partial charge in [-0.15, -0.1) is 0 Å². The summed E-state index contributed by atoms with van der Waals surface area (Å²) in [5.41, 5.74) is 3.21. The molecule has 0 spiro atoms. The first-order valence-corrected chi connectivity index (χ1v) is 13.5. The number of nitrogens with zero attached hydrogens (tertiary/aromatic N) is 1. The molecule has 1 N–H and O–H groups in total. The highest BCUT2D eigenvalue weighted by Crippen LogP contribution is 2.19. The minimum Gasteiger partial charge on any atom is -0.388 e. The second-order valence-electron chi connectivity index (χ2n) is 9.98. The fourth-order valence-electron chi connectivity index (χ4n) is 4.64. The number of carbonyl (C=O) groups is 1. The number of carbonyl (C=O) groups excluding carboxylic acids is 1. The van der Waals surface area contributed by atoms with Crippen molar-refractivity contribution in [3.05, 3.63) is 83.5 Å². The summed E-state index contributed by atoms with van der Waals surface area (Å²) >= 11 is 0. The smallest absolute Gasteiger partial charge is 0.249 e. The van der Waals surface area contributed by atoms with Gasteiger partial charge in [0, 0.05) is 24.6 Å². The summed E-state index contributed by atoms with van der Waals surface area (Å²) in [6.07, 6.45) is 14.1. The van der Waals surface area contributed by atoms with Gasteiger partial charge in [0.05, 0.1) is 19.3 Å². The van der Waals surface area contributed by atoms with Crippen LogP contribution in [0.25, 0.3) is 10.8 Å². The molecule has 4 heteroatoms. The number of unbranched alkanes of at least 4 members (excludes halogenated alkanes) is 3. The second-order valence-corrected chi connectivity index (χ2v) is 9.98. The predicted molar refractivity (Wildman–Crippen MR) is 150 cm³/mol. The lowest BCUT2D eigenvalue weighted by atomic mass is 9.95. The highest BCUT2D eigenvalue weighted by molar-refractivity contribution is 5.92. The molecule has 1 amide bonds. The van der Waals surface area contributed by atoms with Crippen molar-refractivity contribution in [3.63, 3.8) is 0 Å². The number of hydrogen-bond donors (Lipinski definition) is 1. The first-order chi connectivity index (χ1) is 17.5. The van der Waals surface area contributed by atoms with Gasteiger partial charge in [-0.3, -0.25) is 4.79 Å². The normalized spacial score (nSPS) is 17.1. The molecule has 36 heavy (non-hydrogen) atoms. The topological polar surface area (TPSA) is 49.8 Å². The van der Waals surface area contributed by atoms with Crippen LogP contribution in [0.4, 0.5) is 0 Å². The zero-order valence-electron chi connectivity index (χ0n) is 22.3. The van der Waals surface area contributed by atoms with E-state index < -0.39 is 6.10 Å². The summed E-state index contributed by atoms with van der Waals surface area (Å²) in [5.74, 6) is 0.233. The number of allylic oxidation sites excluding steroid dienone is 3. The Morgan fingerprint density at radius 3 is 2.50 bits per heavy atom. The average Bonchev–Trinajstić information content (AvgIpc) is 2.91. The lowest BCUT2D eigenvalue weighted by Gasteiger charge is -2.27. The third kappa shape index (κ3) is 8.76. The van der Waals surface area contributed by atoms with Gasteiger partial charge in [0.2, 0.25) is 5.91 Å². The van der Waals surface area contributed by atoms with Crippen LogP contribution in [0.15, 0.2) is 77.9 Å². The van der Waals surface area contributed by atoms with Gasteiger partial charge >= 0.3 is 0 Å². The molecule has 4 nitrogen and oxygen atoms in total. The van der Waals surface area contributed by atoms with E-state index >= 15 is 0 Å². The predicted octanol–water partition coefficient (Wildman–Crippen LogP) is 6.64. The SMILES string of the molecule is C/C(=C\CCCC/C=C/[C@@H](C)[C@@H](O)/C(C)=C/CCc1ccc2ccccc2c1)C(=O)N1CCOCC1. The molecule has 1 fully saturated rings. The number of benzene rings is 2. The van der Waals surface area contributed by atoms with Crippen molar-refractivity contribution < 1.29 is 14.6 Å². The van der Waals surface area contributed by atoms with Gasteiger partial charge in [-0.2, -0.15) is 0 Å². The molecule has 0 radical (unpaired) electrons. The first kappa shape index (κ1) is 27.9. The molecule has 194 valence electrons. The molecule has 0 unspecified atom stereocenters. The van der Waals surface area contributed by atoms with Crippen molar-refractivity contribution in [2.24, 2.45) is 5.92 Å². The van der Waals surface area contributed by atoms with E-state index in [1.807, 2.05) is 18.7 Å². The summed E-state index contributed by atoms with van der Waals surface area (Å²) < 4.78 is 5.32.